The highest BCUT2D eigenvalue weighted by atomic mass is 79.9. The van der Waals surface area contributed by atoms with E-state index in [0.717, 1.165) is 10.0 Å². The molecule has 1 aromatic carbocycles. The molecule has 0 aliphatic rings. The lowest BCUT2D eigenvalue weighted by Crippen LogP contribution is -2.30. The number of hydrogen-bond acceptors (Lipinski definition) is 4. The van der Waals surface area contributed by atoms with E-state index < -0.39 is 0 Å². The first kappa shape index (κ1) is 14.0. The minimum absolute atomic E-state index is 0.0941. The van der Waals surface area contributed by atoms with Crippen LogP contribution in [0.5, 0.6) is 0 Å². The number of aromatic nitrogens is 4. The average Bonchev–Trinajstić information content (AvgIpc) is 2.86. The van der Waals surface area contributed by atoms with Crippen molar-refractivity contribution >= 4 is 33.4 Å². The lowest BCUT2D eigenvalue weighted by molar-refractivity contribution is -0.131. The topological polar surface area (TPSA) is 63.9 Å². The molecule has 0 bridgehead atoms. The maximum Gasteiger partial charge on any atom is 0.244 e. The van der Waals surface area contributed by atoms with Crippen LogP contribution in [0.2, 0.25) is 5.02 Å². The van der Waals surface area contributed by atoms with Gasteiger partial charge in [-0.25, -0.2) is 4.68 Å². The maximum atomic E-state index is 12.0. The van der Waals surface area contributed by atoms with E-state index in [1.165, 1.54) is 11.0 Å². The van der Waals surface area contributed by atoms with Gasteiger partial charge >= 0.3 is 0 Å². The molecule has 0 spiro atoms. The van der Waals surface area contributed by atoms with Crippen LogP contribution in [0.1, 0.15) is 5.56 Å². The Labute approximate surface area is 123 Å². The van der Waals surface area contributed by atoms with E-state index in [1.807, 2.05) is 12.1 Å². The van der Waals surface area contributed by atoms with Crippen molar-refractivity contribution in [2.24, 2.45) is 0 Å². The van der Waals surface area contributed by atoms with Crippen LogP contribution >= 0.6 is 27.5 Å². The van der Waals surface area contributed by atoms with Gasteiger partial charge in [0.1, 0.15) is 12.9 Å². The summed E-state index contributed by atoms with van der Waals surface area (Å²) in [7, 11) is 1.71. The van der Waals surface area contributed by atoms with Crippen molar-refractivity contribution in [1.82, 2.24) is 25.1 Å². The van der Waals surface area contributed by atoms with Gasteiger partial charge in [-0.3, -0.25) is 4.79 Å². The van der Waals surface area contributed by atoms with Crippen LogP contribution in [0.15, 0.2) is 29.0 Å². The summed E-state index contributed by atoms with van der Waals surface area (Å²) in [4.78, 5) is 13.5. The number of likely N-dealkylation sites (N-methyl/N-ethyl adjacent to an activating group) is 1. The van der Waals surface area contributed by atoms with E-state index in [9.17, 15) is 4.79 Å². The summed E-state index contributed by atoms with van der Waals surface area (Å²) in [6.45, 7) is 0.536. The summed E-state index contributed by atoms with van der Waals surface area (Å²) in [6.07, 6.45) is 1.40. The Morgan fingerprint density at radius 2 is 2.32 bits per heavy atom. The molecule has 1 heterocycles. The zero-order chi connectivity index (χ0) is 13.8. The molecular weight excluding hydrogens is 334 g/mol. The fourth-order valence-electron chi connectivity index (χ4n) is 1.52. The van der Waals surface area contributed by atoms with Crippen LogP contribution in [-0.4, -0.2) is 38.1 Å². The average molecular weight is 345 g/mol. The number of amides is 1. The molecule has 19 heavy (non-hydrogen) atoms. The first-order valence-electron chi connectivity index (χ1n) is 5.45. The molecule has 0 saturated carbocycles. The van der Waals surface area contributed by atoms with Gasteiger partial charge in [0, 0.05) is 23.1 Å². The molecule has 0 unspecified atom stereocenters. The summed E-state index contributed by atoms with van der Waals surface area (Å²) >= 11 is 9.47. The van der Waals surface area contributed by atoms with Crippen LogP contribution in [0, 0.1) is 0 Å². The third-order valence-electron chi connectivity index (χ3n) is 2.53. The van der Waals surface area contributed by atoms with Crippen molar-refractivity contribution in [3.05, 3.63) is 39.6 Å². The number of carbonyl (C=O) groups excluding carboxylic acids is 1. The highest BCUT2D eigenvalue weighted by Gasteiger charge is 2.12. The molecule has 0 saturated heterocycles. The number of nitrogens with zero attached hydrogens (tertiary/aromatic N) is 5. The molecule has 2 rings (SSSR count). The summed E-state index contributed by atoms with van der Waals surface area (Å²) < 4.78 is 2.30. The van der Waals surface area contributed by atoms with Crippen molar-refractivity contribution in [2.45, 2.75) is 13.1 Å². The number of benzene rings is 1. The number of carbonyl (C=O) groups is 1. The highest BCUT2D eigenvalue weighted by Crippen LogP contribution is 2.22. The van der Waals surface area contributed by atoms with E-state index >= 15 is 0 Å². The molecule has 0 aliphatic carbocycles. The van der Waals surface area contributed by atoms with Gasteiger partial charge in [-0.15, -0.1) is 5.10 Å². The molecule has 1 aromatic heterocycles. The van der Waals surface area contributed by atoms with Crippen LogP contribution in [0.25, 0.3) is 0 Å². The minimum atomic E-state index is -0.0941. The lowest BCUT2D eigenvalue weighted by atomic mass is 10.2. The largest absolute Gasteiger partial charge is 0.340 e. The first-order chi connectivity index (χ1) is 9.06. The van der Waals surface area contributed by atoms with E-state index in [-0.39, 0.29) is 12.5 Å². The van der Waals surface area contributed by atoms with E-state index in [4.69, 9.17) is 11.6 Å². The molecule has 100 valence electrons. The van der Waals surface area contributed by atoms with Gasteiger partial charge in [0.25, 0.3) is 0 Å². The van der Waals surface area contributed by atoms with E-state index in [1.54, 1.807) is 18.0 Å². The SMILES string of the molecule is CN(Cc1cc(Br)ccc1Cl)C(=O)Cn1cnnn1. The van der Waals surface area contributed by atoms with Gasteiger partial charge in [-0.2, -0.15) is 0 Å². The molecule has 1 amide bonds. The molecule has 8 heteroatoms. The summed E-state index contributed by atoms with van der Waals surface area (Å²) in [5, 5.41) is 11.2. The van der Waals surface area contributed by atoms with Crippen molar-refractivity contribution in [1.29, 1.82) is 0 Å². The fourth-order valence-corrected chi connectivity index (χ4v) is 2.11. The van der Waals surface area contributed by atoms with Crippen molar-refractivity contribution < 1.29 is 4.79 Å². The molecule has 0 atom stereocenters. The Morgan fingerprint density at radius 3 is 3.00 bits per heavy atom. The summed E-state index contributed by atoms with van der Waals surface area (Å²) in [6, 6.07) is 5.54. The smallest absolute Gasteiger partial charge is 0.244 e. The van der Waals surface area contributed by atoms with Gasteiger partial charge in [-0.05, 0) is 34.2 Å². The molecular formula is C11H11BrClN5O. The number of hydrogen-bond donors (Lipinski definition) is 0. The molecule has 0 N–H and O–H groups in total. The second-order valence-electron chi connectivity index (χ2n) is 3.99. The summed E-state index contributed by atoms with van der Waals surface area (Å²) in [5.41, 5.74) is 0.878. The Balaban J connectivity index is 2.02. The van der Waals surface area contributed by atoms with Crippen LogP contribution in [-0.2, 0) is 17.9 Å². The van der Waals surface area contributed by atoms with E-state index in [0.29, 0.717) is 11.6 Å². The van der Waals surface area contributed by atoms with Gasteiger partial charge < -0.3 is 4.90 Å². The molecule has 0 radical (unpaired) electrons. The van der Waals surface area contributed by atoms with Crippen molar-refractivity contribution in [3.8, 4) is 0 Å². The Morgan fingerprint density at radius 1 is 1.53 bits per heavy atom. The monoisotopic (exact) mass is 343 g/mol. The van der Waals surface area contributed by atoms with Crippen LogP contribution < -0.4 is 0 Å². The van der Waals surface area contributed by atoms with Gasteiger partial charge in [-0.1, -0.05) is 27.5 Å². The van der Waals surface area contributed by atoms with Crippen LogP contribution in [0.4, 0.5) is 0 Å². The molecule has 0 fully saturated rings. The second kappa shape index (κ2) is 6.12. The number of halogens is 2. The Kier molecular flexibility index (Phi) is 4.49. The number of rotatable bonds is 4. The van der Waals surface area contributed by atoms with E-state index in [2.05, 4.69) is 31.5 Å². The third kappa shape index (κ3) is 3.74. The molecule has 0 aliphatic heterocycles. The predicted molar refractivity (Wildman–Crippen MR) is 73.4 cm³/mol. The minimum Gasteiger partial charge on any atom is -0.340 e. The molecule has 2 aromatic rings. The normalized spacial score (nSPS) is 10.5. The van der Waals surface area contributed by atoms with Crippen LogP contribution in [0.3, 0.4) is 0 Å². The molecule has 6 nitrogen and oxygen atoms in total. The first-order valence-corrected chi connectivity index (χ1v) is 6.62. The van der Waals surface area contributed by atoms with Gasteiger partial charge in [0.05, 0.1) is 0 Å². The Bertz CT molecular complexity index is 574. The maximum absolute atomic E-state index is 12.0. The second-order valence-corrected chi connectivity index (χ2v) is 5.32. The van der Waals surface area contributed by atoms with Crippen molar-refractivity contribution in [2.75, 3.05) is 7.05 Å². The van der Waals surface area contributed by atoms with Gasteiger partial charge in [0.2, 0.25) is 5.91 Å². The zero-order valence-electron chi connectivity index (χ0n) is 10.1. The highest BCUT2D eigenvalue weighted by molar-refractivity contribution is 9.10. The number of tetrazole rings is 1. The van der Waals surface area contributed by atoms with Gasteiger partial charge in [0.15, 0.2) is 0 Å². The zero-order valence-corrected chi connectivity index (χ0v) is 12.5. The lowest BCUT2D eigenvalue weighted by Gasteiger charge is -2.18. The quantitative estimate of drug-likeness (QED) is 0.847. The summed E-state index contributed by atoms with van der Waals surface area (Å²) in [5.74, 6) is -0.0941. The fraction of sp³-hybridized carbons (Fsp3) is 0.273. The Hall–Kier alpha value is -1.47. The predicted octanol–water partition coefficient (Wildman–Crippen LogP) is 1.75. The van der Waals surface area contributed by atoms with Crippen molar-refractivity contribution in [3.63, 3.8) is 0 Å². The third-order valence-corrected chi connectivity index (χ3v) is 3.39. The standard InChI is InChI=1S/C11H11BrClN5O/c1-17(11(19)6-18-7-14-15-16-18)5-8-4-9(12)2-3-10(8)13/h2-4,7H,5-6H2,1H3.